The summed E-state index contributed by atoms with van der Waals surface area (Å²) in [4.78, 5) is 10.2. The fourth-order valence-corrected chi connectivity index (χ4v) is 1.42. The molecule has 1 unspecified atom stereocenters. The highest BCUT2D eigenvalue weighted by Gasteiger charge is 2.09. The maximum atomic E-state index is 10.6. The maximum absolute atomic E-state index is 10.6. The van der Waals surface area contributed by atoms with E-state index in [9.17, 15) is 10.1 Å². The molecule has 0 saturated carbocycles. The lowest BCUT2D eigenvalue weighted by molar-refractivity contribution is -0.384. The van der Waals surface area contributed by atoms with E-state index in [1.807, 2.05) is 13.0 Å². The number of non-ortho nitro benzene ring substituents is 1. The van der Waals surface area contributed by atoms with Crippen LogP contribution in [0.5, 0.6) is 0 Å². The molecule has 0 amide bonds. The van der Waals surface area contributed by atoms with Crippen molar-refractivity contribution < 1.29 is 10.0 Å². The van der Waals surface area contributed by atoms with Gasteiger partial charge in [0.2, 0.25) is 0 Å². The predicted molar refractivity (Wildman–Crippen MR) is 61.2 cm³/mol. The summed E-state index contributed by atoms with van der Waals surface area (Å²) >= 11 is 0. The van der Waals surface area contributed by atoms with Crippen LogP contribution in [0, 0.1) is 10.1 Å². The average Bonchev–Trinajstić information content (AvgIpc) is 2.29. The molecule has 0 heterocycles. The summed E-state index contributed by atoms with van der Waals surface area (Å²) in [6.45, 7) is 2.78. The summed E-state index contributed by atoms with van der Waals surface area (Å²) in [5.41, 5.74) is 0.987. The molecule has 0 aliphatic rings. The van der Waals surface area contributed by atoms with Crippen LogP contribution in [0.15, 0.2) is 24.3 Å². The summed E-state index contributed by atoms with van der Waals surface area (Å²) in [7, 11) is 0. The van der Waals surface area contributed by atoms with Crippen molar-refractivity contribution in [1.29, 1.82) is 0 Å². The molecule has 0 saturated heterocycles. The van der Waals surface area contributed by atoms with Gasteiger partial charge in [-0.1, -0.05) is 12.1 Å². The highest BCUT2D eigenvalue weighted by Crippen LogP contribution is 2.18. The van der Waals surface area contributed by atoms with Gasteiger partial charge in [0.1, 0.15) is 0 Å². The summed E-state index contributed by atoms with van der Waals surface area (Å²) in [5, 5.41) is 22.4. The van der Waals surface area contributed by atoms with Crippen LogP contribution in [0.3, 0.4) is 0 Å². The summed E-state index contributed by atoms with van der Waals surface area (Å²) in [6, 6.07) is 6.62. The van der Waals surface area contributed by atoms with Crippen molar-refractivity contribution in [2.24, 2.45) is 0 Å². The monoisotopic (exact) mass is 224 g/mol. The first-order valence-corrected chi connectivity index (χ1v) is 5.23. The number of hydrogen-bond donors (Lipinski definition) is 2. The third-order valence-electron chi connectivity index (χ3n) is 2.37. The van der Waals surface area contributed by atoms with Gasteiger partial charge in [-0.2, -0.15) is 0 Å². The van der Waals surface area contributed by atoms with E-state index < -0.39 is 4.92 Å². The Labute approximate surface area is 94.3 Å². The first-order chi connectivity index (χ1) is 7.65. The van der Waals surface area contributed by atoms with Crippen LogP contribution in [-0.2, 0) is 0 Å². The SMILES string of the molecule is CC(NCCCO)c1cccc([N+](=O)[O-])c1. The molecule has 1 aromatic carbocycles. The van der Waals surface area contributed by atoms with Crippen molar-refractivity contribution in [3.8, 4) is 0 Å². The molecule has 16 heavy (non-hydrogen) atoms. The molecule has 5 heteroatoms. The molecule has 0 aliphatic heterocycles. The number of aliphatic hydroxyl groups excluding tert-OH is 1. The Balaban J connectivity index is 2.64. The summed E-state index contributed by atoms with van der Waals surface area (Å²) < 4.78 is 0. The minimum Gasteiger partial charge on any atom is -0.396 e. The van der Waals surface area contributed by atoms with Crippen molar-refractivity contribution in [2.45, 2.75) is 19.4 Å². The first kappa shape index (κ1) is 12.6. The van der Waals surface area contributed by atoms with Gasteiger partial charge in [-0.25, -0.2) is 0 Å². The van der Waals surface area contributed by atoms with E-state index in [2.05, 4.69) is 5.32 Å². The first-order valence-electron chi connectivity index (χ1n) is 5.23. The smallest absolute Gasteiger partial charge is 0.269 e. The number of nitrogens with one attached hydrogen (secondary N) is 1. The van der Waals surface area contributed by atoms with Gasteiger partial charge in [-0.05, 0) is 25.5 Å². The normalized spacial score (nSPS) is 12.4. The van der Waals surface area contributed by atoms with E-state index in [1.54, 1.807) is 12.1 Å². The second-order valence-corrected chi connectivity index (χ2v) is 3.61. The van der Waals surface area contributed by atoms with Crippen molar-refractivity contribution in [3.63, 3.8) is 0 Å². The molecular weight excluding hydrogens is 208 g/mol. The average molecular weight is 224 g/mol. The lowest BCUT2D eigenvalue weighted by Gasteiger charge is -2.13. The van der Waals surface area contributed by atoms with Crippen molar-refractivity contribution in [3.05, 3.63) is 39.9 Å². The largest absolute Gasteiger partial charge is 0.396 e. The van der Waals surface area contributed by atoms with E-state index in [0.717, 1.165) is 5.56 Å². The Morgan fingerprint density at radius 3 is 2.94 bits per heavy atom. The number of benzene rings is 1. The molecule has 1 rings (SSSR count). The molecule has 1 aromatic rings. The van der Waals surface area contributed by atoms with E-state index in [1.165, 1.54) is 6.07 Å². The Bertz CT molecular complexity index is 355. The van der Waals surface area contributed by atoms with Crippen LogP contribution < -0.4 is 5.32 Å². The van der Waals surface area contributed by atoms with Crippen LogP contribution in [0.4, 0.5) is 5.69 Å². The molecule has 5 nitrogen and oxygen atoms in total. The quantitative estimate of drug-likeness (QED) is 0.437. The number of nitrogens with zero attached hydrogens (tertiary/aromatic N) is 1. The molecule has 0 spiro atoms. The van der Waals surface area contributed by atoms with Gasteiger partial charge in [0.15, 0.2) is 0 Å². The second kappa shape index (κ2) is 6.19. The zero-order valence-corrected chi connectivity index (χ0v) is 9.22. The molecule has 0 radical (unpaired) electrons. The maximum Gasteiger partial charge on any atom is 0.269 e. The molecule has 0 aliphatic carbocycles. The fourth-order valence-electron chi connectivity index (χ4n) is 1.42. The van der Waals surface area contributed by atoms with E-state index >= 15 is 0 Å². The van der Waals surface area contributed by atoms with Crippen LogP contribution in [0.25, 0.3) is 0 Å². The zero-order valence-electron chi connectivity index (χ0n) is 9.22. The lowest BCUT2D eigenvalue weighted by Crippen LogP contribution is -2.20. The molecule has 0 fully saturated rings. The highest BCUT2D eigenvalue weighted by molar-refractivity contribution is 5.35. The number of nitro groups is 1. The van der Waals surface area contributed by atoms with Gasteiger partial charge in [0.05, 0.1) is 4.92 Å². The van der Waals surface area contributed by atoms with Crippen LogP contribution in [0.2, 0.25) is 0 Å². The van der Waals surface area contributed by atoms with Crippen LogP contribution in [0.1, 0.15) is 24.9 Å². The minimum absolute atomic E-state index is 0.0476. The van der Waals surface area contributed by atoms with Gasteiger partial charge in [0.25, 0.3) is 5.69 Å². The van der Waals surface area contributed by atoms with E-state index in [-0.39, 0.29) is 18.3 Å². The second-order valence-electron chi connectivity index (χ2n) is 3.61. The topological polar surface area (TPSA) is 75.4 Å². The summed E-state index contributed by atoms with van der Waals surface area (Å²) in [6.07, 6.45) is 0.680. The Morgan fingerprint density at radius 2 is 2.31 bits per heavy atom. The van der Waals surface area contributed by atoms with Crippen LogP contribution >= 0.6 is 0 Å². The standard InChI is InChI=1S/C11H16N2O3/c1-9(12-6-3-7-14)10-4-2-5-11(8-10)13(15)16/h2,4-5,8-9,12,14H,3,6-7H2,1H3. The number of rotatable bonds is 6. The van der Waals surface area contributed by atoms with Crippen LogP contribution in [-0.4, -0.2) is 23.2 Å². The van der Waals surface area contributed by atoms with Crippen molar-refractivity contribution in [2.75, 3.05) is 13.2 Å². The molecule has 88 valence electrons. The Hall–Kier alpha value is -1.46. The van der Waals surface area contributed by atoms with E-state index in [0.29, 0.717) is 13.0 Å². The van der Waals surface area contributed by atoms with Gasteiger partial charge in [-0.15, -0.1) is 0 Å². The lowest BCUT2D eigenvalue weighted by atomic mass is 10.1. The van der Waals surface area contributed by atoms with Crippen molar-refractivity contribution in [1.82, 2.24) is 5.32 Å². The fraction of sp³-hybridized carbons (Fsp3) is 0.455. The molecular formula is C11H16N2O3. The van der Waals surface area contributed by atoms with Crippen molar-refractivity contribution >= 4 is 5.69 Å². The molecule has 2 N–H and O–H groups in total. The number of aliphatic hydroxyl groups is 1. The minimum atomic E-state index is -0.399. The molecule has 1 atom stereocenters. The third kappa shape index (κ3) is 3.60. The van der Waals surface area contributed by atoms with Gasteiger partial charge < -0.3 is 10.4 Å². The third-order valence-corrected chi connectivity index (χ3v) is 2.37. The van der Waals surface area contributed by atoms with Gasteiger partial charge >= 0.3 is 0 Å². The Kier molecular flexibility index (Phi) is 4.88. The van der Waals surface area contributed by atoms with Gasteiger partial charge in [-0.3, -0.25) is 10.1 Å². The molecule has 0 aromatic heterocycles. The van der Waals surface area contributed by atoms with Gasteiger partial charge in [0, 0.05) is 24.8 Å². The molecule has 0 bridgehead atoms. The number of nitro benzene ring substituents is 1. The predicted octanol–water partition coefficient (Wildman–Crippen LogP) is 1.63. The number of hydrogen-bond acceptors (Lipinski definition) is 4. The zero-order chi connectivity index (χ0) is 12.0. The summed E-state index contributed by atoms with van der Waals surface area (Å²) in [5.74, 6) is 0. The Morgan fingerprint density at radius 1 is 1.56 bits per heavy atom. The van der Waals surface area contributed by atoms with E-state index in [4.69, 9.17) is 5.11 Å². The highest BCUT2D eigenvalue weighted by atomic mass is 16.6.